The molecule has 0 aliphatic rings. The van der Waals surface area contributed by atoms with Crippen molar-refractivity contribution in [1.29, 1.82) is 0 Å². The molecule has 0 aliphatic carbocycles. The lowest BCUT2D eigenvalue weighted by molar-refractivity contribution is 0.102. The Morgan fingerprint density at radius 3 is 2.44 bits per heavy atom. The van der Waals surface area contributed by atoms with E-state index in [0.717, 1.165) is 12.3 Å². The molecule has 5 rings (SSSR count). The van der Waals surface area contributed by atoms with Crippen molar-refractivity contribution in [3.8, 4) is 28.9 Å². The van der Waals surface area contributed by atoms with Crippen LogP contribution >= 0.6 is 0 Å². The molecule has 4 aromatic heterocycles. The van der Waals surface area contributed by atoms with Crippen LogP contribution in [-0.4, -0.2) is 39.6 Å². The van der Waals surface area contributed by atoms with Crippen LogP contribution in [0.3, 0.4) is 0 Å². The van der Waals surface area contributed by atoms with Crippen LogP contribution in [0.15, 0.2) is 65.7 Å². The van der Waals surface area contributed by atoms with Crippen molar-refractivity contribution in [1.82, 2.24) is 19.5 Å². The third-order valence-corrected chi connectivity index (χ3v) is 6.18. The van der Waals surface area contributed by atoms with Crippen LogP contribution < -0.4 is 25.1 Å². The molecule has 0 saturated heterocycles. The van der Waals surface area contributed by atoms with E-state index in [9.17, 15) is 14.0 Å². The normalized spacial score (nSPS) is 10.9. The summed E-state index contributed by atoms with van der Waals surface area (Å²) in [5.41, 5.74) is 0.903. The van der Waals surface area contributed by atoms with Crippen molar-refractivity contribution >= 4 is 22.6 Å². The highest BCUT2D eigenvalue weighted by molar-refractivity contribution is 6.04. The van der Waals surface area contributed by atoms with Gasteiger partial charge in [0.1, 0.15) is 22.7 Å². The Hall–Kier alpha value is -5.39. The van der Waals surface area contributed by atoms with E-state index in [0.29, 0.717) is 28.0 Å². The first-order valence-corrected chi connectivity index (χ1v) is 12.2. The molecule has 0 fully saturated rings. The number of anilines is 1. The maximum atomic E-state index is 15.1. The topological polar surface area (TPSA) is 117 Å². The van der Waals surface area contributed by atoms with Crippen molar-refractivity contribution in [3.63, 3.8) is 0 Å². The molecule has 4 heterocycles. The zero-order valence-corrected chi connectivity index (χ0v) is 22.4. The molecule has 1 N–H and O–H groups in total. The summed E-state index contributed by atoms with van der Waals surface area (Å²) in [5.74, 6) is -1.22. The van der Waals surface area contributed by atoms with Gasteiger partial charge in [-0.25, -0.2) is 18.7 Å². The Bertz CT molecular complexity index is 1880. The Morgan fingerprint density at radius 1 is 0.927 bits per heavy atom. The molecule has 0 radical (unpaired) electrons. The third kappa shape index (κ3) is 5.26. The molecule has 41 heavy (non-hydrogen) atoms. The average molecular weight is 560 g/mol. The number of pyridine rings is 4. The molecule has 208 valence electrons. The molecule has 12 heteroatoms. The van der Waals surface area contributed by atoms with Gasteiger partial charge in [-0.2, -0.15) is 0 Å². The van der Waals surface area contributed by atoms with Crippen LogP contribution in [0, 0.1) is 25.5 Å². The molecular formula is C29H23F2N5O5. The van der Waals surface area contributed by atoms with Gasteiger partial charge in [0.15, 0.2) is 23.1 Å². The second kappa shape index (κ2) is 11.0. The molecule has 0 atom stereocenters. The maximum Gasteiger partial charge on any atom is 0.269 e. The Morgan fingerprint density at radius 2 is 1.73 bits per heavy atom. The van der Waals surface area contributed by atoms with Crippen LogP contribution in [0.2, 0.25) is 0 Å². The summed E-state index contributed by atoms with van der Waals surface area (Å²) in [6.45, 7) is 3.27. The summed E-state index contributed by atoms with van der Waals surface area (Å²) in [7, 11) is 2.91. The summed E-state index contributed by atoms with van der Waals surface area (Å²) < 4.78 is 46.1. The predicted octanol–water partition coefficient (Wildman–Crippen LogP) is 5.13. The molecule has 1 aromatic carbocycles. The highest BCUT2D eigenvalue weighted by Gasteiger charge is 2.19. The number of fused-ring (bicyclic) bond motifs is 1. The first-order valence-electron chi connectivity index (χ1n) is 12.2. The molecule has 1 amide bonds. The van der Waals surface area contributed by atoms with Gasteiger partial charge in [0, 0.05) is 35.8 Å². The fourth-order valence-electron chi connectivity index (χ4n) is 4.20. The van der Waals surface area contributed by atoms with E-state index in [1.165, 1.54) is 55.3 Å². The van der Waals surface area contributed by atoms with Gasteiger partial charge in [-0.1, -0.05) is 0 Å². The highest BCUT2D eigenvalue weighted by Crippen LogP contribution is 2.35. The Balaban J connectivity index is 1.41. The summed E-state index contributed by atoms with van der Waals surface area (Å²) in [4.78, 5) is 38.9. The van der Waals surface area contributed by atoms with Gasteiger partial charge in [0.05, 0.1) is 25.9 Å². The number of aryl methyl sites for hydroxylation is 2. The lowest BCUT2D eigenvalue weighted by Gasteiger charge is -2.14. The van der Waals surface area contributed by atoms with E-state index in [-0.39, 0.29) is 34.4 Å². The highest BCUT2D eigenvalue weighted by atomic mass is 19.1. The van der Waals surface area contributed by atoms with Gasteiger partial charge in [0.2, 0.25) is 0 Å². The first-order chi connectivity index (χ1) is 19.7. The Labute approximate surface area is 232 Å². The van der Waals surface area contributed by atoms with Crippen molar-refractivity contribution in [2.45, 2.75) is 13.8 Å². The predicted molar refractivity (Wildman–Crippen MR) is 146 cm³/mol. The number of halogens is 2. The second-order valence-electron chi connectivity index (χ2n) is 8.90. The number of rotatable bonds is 7. The number of ether oxygens (including phenoxy) is 3. The van der Waals surface area contributed by atoms with E-state index in [4.69, 9.17) is 14.2 Å². The number of nitrogens with one attached hydrogen (secondary N) is 1. The van der Waals surface area contributed by atoms with Gasteiger partial charge < -0.3 is 19.5 Å². The van der Waals surface area contributed by atoms with E-state index >= 15 is 4.39 Å². The maximum absolute atomic E-state index is 15.1. The molecule has 5 aromatic rings. The lowest BCUT2D eigenvalue weighted by atomic mass is 10.2. The van der Waals surface area contributed by atoms with Gasteiger partial charge in [-0.3, -0.25) is 19.1 Å². The number of amides is 1. The summed E-state index contributed by atoms with van der Waals surface area (Å²) in [6, 6.07) is 11.1. The smallest absolute Gasteiger partial charge is 0.269 e. The van der Waals surface area contributed by atoms with Crippen LogP contribution in [0.25, 0.3) is 16.9 Å². The van der Waals surface area contributed by atoms with Crippen LogP contribution in [0.4, 0.5) is 14.5 Å². The van der Waals surface area contributed by atoms with E-state index in [1.54, 1.807) is 26.0 Å². The molecule has 10 nitrogen and oxygen atoms in total. The third-order valence-electron chi connectivity index (χ3n) is 6.18. The quantitative estimate of drug-likeness (QED) is 0.292. The molecule has 0 spiro atoms. The van der Waals surface area contributed by atoms with E-state index in [1.807, 2.05) is 0 Å². The fraction of sp³-hybridized carbons (Fsp3) is 0.138. The summed E-state index contributed by atoms with van der Waals surface area (Å²) >= 11 is 0. The van der Waals surface area contributed by atoms with E-state index in [2.05, 4.69) is 20.3 Å². The van der Waals surface area contributed by atoms with Crippen molar-refractivity contribution in [3.05, 3.63) is 99.7 Å². The number of benzene rings is 1. The van der Waals surface area contributed by atoms with Gasteiger partial charge in [-0.15, -0.1) is 0 Å². The molecule has 0 aliphatic heterocycles. The number of aromatic nitrogens is 4. The standard InChI is InChI=1S/C29H23F2N5O5/c1-15-11-17(30)14-33-26(15)36-16(2)5-7-19(29(36)38)27(37)34-18-6-8-22(20(31)12-18)41-23-9-10-32-21-13-24(39-3)28(40-4)35-25(21)23/h5-14H,1-4H3,(H,34,37). The molecule has 0 saturated carbocycles. The molecular weight excluding hydrogens is 536 g/mol. The molecule has 0 bridgehead atoms. The van der Waals surface area contributed by atoms with Crippen LogP contribution in [0.5, 0.6) is 23.1 Å². The van der Waals surface area contributed by atoms with Gasteiger partial charge >= 0.3 is 0 Å². The second-order valence-corrected chi connectivity index (χ2v) is 8.90. The van der Waals surface area contributed by atoms with Crippen molar-refractivity contribution < 1.29 is 27.8 Å². The monoisotopic (exact) mass is 559 g/mol. The summed E-state index contributed by atoms with van der Waals surface area (Å²) in [5, 5.41) is 2.53. The Kier molecular flexibility index (Phi) is 7.30. The van der Waals surface area contributed by atoms with Gasteiger partial charge in [-0.05, 0) is 49.7 Å². The zero-order chi connectivity index (χ0) is 29.3. The van der Waals surface area contributed by atoms with Crippen molar-refractivity contribution in [2.75, 3.05) is 19.5 Å². The number of carbonyl (C=O) groups is 1. The fourth-order valence-corrected chi connectivity index (χ4v) is 4.20. The largest absolute Gasteiger partial charge is 0.491 e. The number of hydrogen-bond donors (Lipinski definition) is 1. The number of hydrogen-bond acceptors (Lipinski definition) is 8. The lowest BCUT2D eigenvalue weighted by Crippen LogP contribution is -2.30. The van der Waals surface area contributed by atoms with Crippen molar-refractivity contribution in [2.24, 2.45) is 0 Å². The average Bonchev–Trinajstić information content (AvgIpc) is 2.94. The minimum Gasteiger partial charge on any atom is -0.491 e. The summed E-state index contributed by atoms with van der Waals surface area (Å²) in [6.07, 6.45) is 2.47. The SMILES string of the molecule is COc1cc2nccc(Oc3ccc(NC(=O)c4ccc(C)n(-c5ncc(F)cc5C)c4=O)cc3F)c2nc1OC. The van der Waals surface area contributed by atoms with E-state index < -0.39 is 23.1 Å². The van der Waals surface area contributed by atoms with Crippen LogP contribution in [0.1, 0.15) is 21.6 Å². The minimum absolute atomic E-state index is 0.0894. The zero-order valence-electron chi connectivity index (χ0n) is 22.4. The first kappa shape index (κ1) is 27.2. The molecule has 0 unspecified atom stereocenters. The number of carbonyl (C=O) groups excluding carboxylic acids is 1. The minimum atomic E-state index is -0.777. The van der Waals surface area contributed by atoms with Gasteiger partial charge in [0.25, 0.3) is 17.3 Å². The number of methoxy groups -OCH3 is 2. The van der Waals surface area contributed by atoms with Crippen LogP contribution in [-0.2, 0) is 0 Å². The number of nitrogens with zero attached hydrogens (tertiary/aromatic N) is 4.